The summed E-state index contributed by atoms with van der Waals surface area (Å²) >= 11 is -1.89. The van der Waals surface area contributed by atoms with Crippen LogP contribution in [0.25, 0.3) is 0 Å². The summed E-state index contributed by atoms with van der Waals surface area (Å²) in [6.07, 6.45) is 5.00. The largest absolute Gasteiger partial charge is 0.392 e. The molecule has 6 heteroatoms. The lowest BCUT2D eigenvalue weighted by Crippen LogP contribution is -2.53. The summed E-state index contributed by atoms with van der Waals surface area (Å²) in [5, 5.41) is 13.2. The molecule has 0 spiro atoms. The fraction of sp³-hybridized carbons (Fsp3) is 0.833. The van der Waals surface area contributed by atoms with Crippen LogP contribution in [0.1, 0.15) is 52.9 Å². The van der Waals surface area contributed by atoms with Crippen LogP contribution in [0.3, 0.4) is 0 Å². The van der Waals surface area contributed by atoms with E-state index < -0.39 is 23.1 Å². The molecular formula is C18H31NO4S. The first-order chi connectivity index (χ1) is 11.2. The zero-order chi connectivity index (χ0) is 18.1. The van der Waals surface area contributed by atoms with Crippen LogP contribution < -0.4 is 5.32 Å². The monoisotopic (exact) mass is 357 g/mol. The van der Waals surface area contributed by atoms with Gasteiger partial charge in [-0.1, -0.05) is 26.8 Å². The van der Waals surface area contributed by atoms with E-state index in [2.05, 4.69) is 25.7 Å². The van der Waals surface area contributed by atoms with Crippen LogP contribution in [0.4, 0.5) is 0 Å². The Labute approximate surface area is 147 Å². The minimum absolute atomic E-state index is 0.0615. The fourth-order valence-corrected chi connectivity index (χ4v) is 6.02. The van der Waals surface area contributed by atoms with Gasteiger partial charge < -0.3 is 15.0 Å². The van der Waals surface area contributed by atoms with E-state index in [0.717, 1.165) is 19.3 Å². The predicted molar refractivity (Wildman–Crippen MR) is 95.7 cm³/mol. The maximum atomic E-state index is 12.6. The second-order valence-electron chi connectivity index (χ2n) is 8.10. The number of amides is 1. The molecule has 24 heavy (non-hydrogen) atoms. The molecule has 0 heterocycles. The van der Waals surface area contributed by atoms with Gasteiger partial charge in [-0.15, -0.1) is 6.58 Å². The van der Waals surface area contributed by atoms with Gasteiger partial charge in [0.25, 0.3) is 0 Å². The lowest BCUT2D eigenvalue weighted by molar-refractivity contribution is -0.129. The molecule has 0 saturated heterocycles. The number of allylic oxidation sites excluding steroid dienone is 1. The molecule has 2 aliphatic carbocycles. The van der Waals surface area contributed by atoms with E-state index in [0.29, 0.717) is 18.8 Å². The topological polar surface area (TPSA) is 86.6 Å². The van der Waals surface area contributed by atoms with Crippen molar-refractivity contribution in [3.05, 3.63) is 12.7 Å². The molecule has 0 aromatic carbocycles. The molecule has 2 fully saturated rings. The number of fused-ring (bicyclic) bond motifs is 2. The summed E-state index contributed by atoms with van der Waals surface area (Å²) < 4.78 is 21.1. The maximum Gasteiger partial charge on any atom is 0.225 e. The molecule has 6 unspecified atom stereocenters. The molecular weight excluding hydrogens is 326 g/mol. The standard InChI is InChI=1S/C18H31NO4S/c1-5-6-7-14(20)12(2)16(21)19-15-10-13-8-9-18(15,11-24(22)23)17(13,3)4/h5,12-15,20H,1,6-11H2,2-4H3,(H,19,21)(H,22,23). The smallest absolute Gasteiger partial charge is 0.225 e. The molecule has 2 saturated carbocycles. The van der Waals surface area contributed by atoms with Gasteiger partial charge in [0.1, 0.15) is 0 Å². The molecule has 2 aliphatic rings. The Balaban J connectivity index is 2.10. The highest BCUT2D eigenvalue weighted by Gasteiger charge is 2.64. The van der Waals surface area contributed by atoms with E-state index >= 15 is 0 Å². The third kappa shape index (κ3) is 3.33. The van der Waals surface area contributed by atoms with Crippen LogP contribution in [0.5, 0.6) is 0 Å². The van der Waals surface area contributed by atoms with Crippen molar-refractivity contribution < 1.29 is 18.7 Å². The average Bonchev–Trinajstić information content (AvgIpc) is 2.85. The Morgan fingerprint density at radius 1 is 1.50 bits per heavy atom. The van der Waals surface area contributed by atoms with Crippen molar-refractivity contribution in [2.75, 3.05) is 5.75 Å². The molecule has 5 nitrogen and oxygen atoms in total. The Morgan fingerprint density at radius 2 is 2.17 bits per heavy atom. The van der Waals surface area contributed by atoms with Crippen LogP contribution >= 0.6 is 0 Å². The SMILES string of the molecule is C=CCCC(O)C(C)C(=O)NC1CC2CCC1(CS(=O)O)C2(C)C. The normalized spacial score (nSPS) is 34.5. The average molecular weight is 358 g/mol. The molecule has 2 rings (SSSR count). The van der Waals surface area contributed by atoms with Gasteiger partial charge in [0.15, 0.2) is 11.1 Å². The molecule has 138 valence electrons. The minimum atomic E-state index is -1.89. The first-order valence-corrected chi connectivity index (χ1v) is 10.1. The molecule has 2 bridgehead atoms. The van der Waals surface area contributed by atoms with Crippen molar-refractivity contribution in [1.82, 2.24) is 5.32 Å². The molecule has 1 amide bonds. The van der Waals surface area contributed by atoms with Gasteiger partial charge in [0, 0.05) is 11.5 Å². The van der Waals surface area contributed by atoms with Gasteiger partial charge in [0.2, 0.25) is 5.91 Å². The summed E-state index contributed by atoms with van der Waals surface area (Å²) in [5.74, 6) is 0.00805. The highest BCUT2D eigenvalue weighted by atomic mass is 32.2. The van der Waals surface area contributed by atoms with Crippen molar-refractivity contribution in [2.45, 2.75) is 65.0 Å². The van der Waals surface area contributed by atoms with Crippen LogP contribution in [-0.2, 0) is 15.9 Å². The molecule has 0 aliphatic heterocycles. The van der Waals surface area contributed by atoms with Gasteiger partial charge in [-0.3, -0.25) is 4.79 Å². The van der Waals surface area contributed by atoms with Gasteiger partial charge in [-0.25, -0.2) is 4.21 Å². The summed E-state index contributed by atoms with van der Waals surface area (Å²) in [4.78, 5) is 12.6. The summed E-state index contributed by atoms with van der Waals surface area (Å²) in [6.45, 7) is 9.69. The molecule has 0 aromatic heterocycles. The Bertz CT molecular complexity index is 521. The third-order valence-corrected chi connectivity index (χ3v) is 7.55. The highest BCUT2D eigenvalue weighted by molar-refractivity contribution is 7.79. The zero-order valence-corrected chi connectivity index (χ0v) is 15.8. The number of carbonyl (C=O) groups excluding carboxylic acids is 1. The van der Waals surface area contributed by atoms with E-state index in [1.807, 2.05) is 0 Å². The zero-order valence-electron chi connectivity index (χ0n) is 15.0. The second kappa shape index (κ2) is 7.26. The van der Waals surface area contributed by atoms with Crippen molar-refractivity contribution in [2.24, 2.45) is 22.7 Å². The number of rotatable bonds is 8. The maximum absolute atomic E-state index is 12.6. The van der Waals surface area contributed by atoms with Gasteiger partial charge in [-0.05, 0) is 43.4 Å². The first kappa shape index (κ1) is 19.6. The molecule has 3 N–H and O–H groups in total. The van der Waals surface area contributed by atoms with E-state index in [-0.39, 0.29) is 28.5 Å². The first-order valence-electron chi connectivity index (χ1n) is 8.82. The quantitative estimate of drug-likeness (QED) is 0.460. The summed E-state index contributed by atoms with van der Waals surface area (Å²) in [6, 6.07) is -0.0936. The number of nitrogens with one attached hydrogen (secondary N) is 1. The molecule has 0 aromatic rings. The van der Waals surface area contributed by atoms with Gasteiger partial charge in [-0.2, -0.15) is 0 Å². The van der Waals surface area contributed by atoms with Crippen LogP contribution in [0.15, 0.2) is 12.7 Å². The van der Waals surface area contributed by atoms with Crippen LogP contribution in [0.2, 0.25) is 0 Å². The highest BCUT2D eigenvalue weighted by Crippen LogP contribution is 2.65. The molecule has 0 radical (unpaired) electrons. The van der Waals surface area contributed by atoms with E-state index in [1.165, 1.54) is 0 Å². The lowest BCUT2D eigenvalue weighted by Gasteiger charge is -2.42. The number of hydrogen-bond acceptors (Lipinski definition) is 3. The molecule has 6 atom stereocenters. The summed E-state index contributed by atoms with van der Waals surface area (Å²) in [7, 11) is 0. The Kier molecular flexibility index (Phi) is 5.93. The van der Waals surface area contributed by atoms with Crippen molar-refractivity contribution in [1.29, 1.82) is 0 Å². The van der Waals surface area contributed by atoms with Crippen molar-refractivity contribution in [3.8, 4) is 0 Å². The minimum Gasteiger partial charge on any atom is -0.392 e. The predicted octanol–water partition coefficient (Wildman–Crippen LogP) is 2.48. The summed E-state index contributed by atoms with van der Waals surface area (Å²) in [5.41, 5.74) is -0.396. The van der Waals surface area contributed by atoms with Crippen LogP contribution in [0, 0.1) is 22.7 Å². The number of aliphatic hydroxyl groups is 1. The van der Waals surface area contributed by atoms with Crippen molar-refractivity contribution >= 4 is 17.0 Å². The van der Waals surface area contributed by atoms with E-state index in [4.69, 9.17) is 0 Å². The lowest BCUT2D eigenvalue weighted by atomic mass is 9.69. The third-order valence-electron chi connectivity index (χ3n) is 6.78. The Morgan fingerprint density at radius 3 is 2.71 bits per heavy atom. The van der Waals surface area contributed by atoms with Crippen molar-refractivity contribution in [3.63, 3.8) is 0 Å². The number of hydrogen-bond donors (Lipinski definition) is 3. The number of carbonyl (C=O) groups is 1. The van der Waals surface area contributed by atoms with E-state index in [1.54, 1.807) is 13.0 Å². The Hall–Kier alpha value is -0.720. The van der Waals surface area contributed by atoms with E-state index in [9.17, 15) is 18.7 Å². The second-order valence-corrected chi connectivity index (χ2v) is 9.03. The van der Waals surface area contributed by atoms with Crippen LogP contribution in [-0.4, -0.2) is 37.7 Å². The van der Waals surface area contributed by atoms with Gasteiger partial charge >= 0.3 is 0 Å². The number of aliphatic hydroxyl groups excluding tert-OH is 1. The fourth-order valence-electron chi connectivity index (χ4n) is 4.86. The van der Waals surface area contributed by atoms with Gasteiger partial charge in [0.05, 0.1) is 17.8 Å².